The van der Waals surface area contributed by atoms with Gasteiger partial charge in [0.2, 0.25) is 0 Å². The van der Waals surface area contributed by atoms with Gasteiger partial charge in [-0.25, -0.2) is 0 Å². The van der Waals surface area contributed by atoms with Crippen LogP contribution in [-0.4, -0.2) is 30.4 Å². The van der Waals surface area contributed by atoms with Crippen LogP contribution in [0, 0.1) is 0 Å². The molecule has 0 aromatic heterocycles. The molecule has 0 aromatic rings. The zero-order valence-corrected chi connectivity index (χ0v) is 14.2. The van der Waals surface area contributed by atoms with E-state index >= 15 is 0 Å². The fourth-order valence-corrected chi connectivity index (χ4v) is 2.25. The molecule has 0 saturated carbocycles. The molecule has 0 bridgehead atoms. The lowest BCUT2D eigenvalue weighted by Crippen LogP contribution is -2.27. The zero-order chi connectivity index (χ0) is 15.9. The second-order valence-corrected chi connectivity index (χ2v) is 5.64. The summed E-state index contributed by atoms with van der Waals surface area (Å²) < 4.78 is 10.3. The molecular weight excluding hydrogens is 288 g/mol. The van der Waals surface area contributed by atoms with Gasteiger partial charge in [-0.3, -0.25) is 9.59 Å². The first-order valence-corrected chi connectivity index (χ1v) is 8.80. The number of carbonyl (C=O) groups is 2. The molecule has 1 atom stereocenters. The summed E-state index contributed by atoms with van der Waals surface area (Å²) in [5.41, 5.74) is 0. The molecule has 0 aliphatic rings. The highest BCUT2D eigenvalue weighted by Crippen LogP contribution is 2.11. The van der Waals surface area contributed by atoms with Crippen LogP contribution in [0.4, 0.5) is 0 Å². The van der Waals surface area contributed by atoms with Crippen molar-refractivity contribution in [2.75, 3.05) is 12.4 Å². The van der Waals surface area contributed by atoms with Gasteiger partial charge in [-0.05, 0) is 18.2 Å². The predicted octanol–water partition coefficient (Wildman–Crippen LogP) is 4.09. The molecule has 122 valence electrons. The van der Waals surface area contributed by atoms with Gasteiger partial charge in [-0.15, -0.1) is 11.8 Å². The van der Waals surface area contributed by atoms with Crippen LogP contribution >= 0.6 is 11.8 Å². The molecule has 0 aliphatic carbocycles. The Bertz CT molecular complexity index is 315. The van der Waals surface area contributed by atoms with Crippen molar-refractivity contribution in [2.24, 2.45) is 0 Å². The second-order valence-electron chi connectivity index (χ2n) is 4.70. The highest BCUT2D eigenvalue weighted by Gasteiger charge is 2.15. The maximum Gasteiger partial charge on any atom is 0.305 e. The van der Waals surface area contributed by atoms with Crippen molar-refractivity contribution < 1.29 is 19.1 Å². The highest BCUT2D eigenvalue weighted by molar-refractivity contribution is 8.02. The summed E-state index contributed by atoms with van der Waals surface area (Å²) in [5, 5.41) is 2.03. The Morgan fingerprint density at radius 1 is 1.10 bits per heavy atom. The van der Waals surface area contributed by atoms with Gasteiger partial charge in [-0.2, -0.15) is 0 Å². The van der Waals surface area contributed by atoms with E-state index < -0.39 is 0 Å². The third kappa shape index (κ3) is 12.5. The Balaban J connectivity index is 4.02. The Labute approximate surface area is 132 Å². The van der Waals surface area contributed by atoms with E-state index in [9.17, 15) is 9.59 Å². The average Bonchev–Trinajstić information content (AvgIpc) is 2.50. The van der Waals surface area contributed by atoms with Crippen LogP contribution in [0.25, 0.3) is 0 Å². The van der Waals surface area contributed by atoms with Gasteiger partial charge in [0.1, 0.15) is 12.7 Å². The highest BCUT2D eigenvalue weighted by atomic mass is 32.2. The van der Waals surface area contributed by atoms with Crippen molar-refractivity contribution in [3.63, 3.8) is 0 Å². The number of allylic oxidation sites excluding steroid dienone is 1. The number of hydrogen-bond donors (Lipinski definition) is 0. The average molecular weight is 316 g/mol. The maximum absolute atomic E-state index is 11.4. The minimum Gasteiger partial charge on any atom is -0.462 e. The Morgan fingerprint density at radius 3 is 2.43 bits per heavy atom. The normalized spacial score (nSPS) is 12.3. The number of esters is 2. The Kier molecular flexibility index (Phi) is 13.3. The minimum atomic E-state index is -0.377. The summed E-state index contributed by atoms with van der Waals surface area (Å²) in [4.78, 5) is 22.5. The molecule has 5 heteroatoms. The van der Waals surface area contributed by atoms with E-state index in [1.54, 1.807) is 25.6 Å². The number of hydrogen-bond acceptors (Lipinski definition) is 5. The fourth-order valence-electron chi connectivity index (χ4n) is 1.48. The number of carbonyl (C=O) groups excluding carboxylic acids is 2. The molecule has 0 spiro atoms. The van der Waals surface area contributed by atoms with Gasteiger partial charge >= 0.3 is 11.9 Å². The second kappa shape index (κ2) is 14.0. The molecule has 0 N–H and O–H groups in total. The quantitative estimate of drug-likeness (QED) is 0.401. The van der Waals surface area contributed by atoms with E-state index in [2.05, 4.69) is 13.0 Å². The van der Waals surface area contributed by atoms with E-state index in [1.807, 2.05) is 5.41 Å². The zero-order valence-electron chi connectivity index (χ0n) is 13.4. The summed E-state index contributed by atoms with van der Waals surface area (Å²) in [5.74, 6) is 0.0697. The Hall–Kier alpha value is -0.970. The SMILES string of the molecule is CCCCCC=CSCC(COC(=O)CC)OC(=O)CC. The fraction of sp³-hybridized carbons (Fsp3) is 0.750. The molecule has 0 heterocycles. The van der Waals surface area contributed by atoms with Crippen molar-refractivity contribution in [1.29, 1.82) is 0 Å². The summed E-state index contributed by atoms with van der Waals surface area (Å²) in [6, 6.07) is 0. The standard InChI is InChI=1S/C16H28O4S/c1-4-7-8-9-10-11-21-13-14(20-16(18)6-3)12-19-15(17)5-2/h10-11,14H,4-9,12-13H2,1-3H3. The van der Waals surface area contributed by atoms with Gasteiger partial charge in [0.25, 0.3) is 0 Å². The summed E-state index contributed by atoms with van der Waals surface area (Å²) in [7, 11) is 0. The molecule has 0 fully saturated rings. The predicted molar refractivity (Wildman–Crippen MR) is 87.2 cm³/mol. The molecule has 0 rings (SSSR count). The first-order chi connectivity index (χ1) is 10.1. The van der Waals surface area contributed by atoms with Crippen molar-refractivity contribution in [3.05, 3.63) is 11.5 Å². The maximum atomic E-state index is 11.4. The van der Waals surface area contributed by atoms with Crippen LogP contribution in [0.3, 0.4) is 0 Å². The van der Waals surface area contributed by atoms with Crippen molar-refractivity contribution in [2.45, 2.75) is 65.4 Å². The van der Waals surface area contributed by atoms with Crippen LogP contribution in [0.2, 0.25) is 0 Å². The van der Waals surface area contributed by atoms with Crippen LogP contribution in [0.5, 0.6) is 0 Å². The third-order valence-corrected chi connectivity index (χ3v) is 3.70. The summed E-state index contributed by atoms with van der Waals surface area (Å²) in [6.07, 6.45) is 7.17. The van der Waals surface area contributed by atoms with Crippen LogP contribution in [0.15, 0.2) is 11.5 Å². The third-order valence-electron chi connectivity index (χ3n) is 2.75. The topological polar surface area (TPSA) is 52.6 Å². The van der Waals surface area contributed by atoms with Gasteiger partial charge in [0.15, 0.2) is 0 Å². The number of rotatable bonds is 12. The monoisotopic (exact) mass is 316 g/mol. The molecule has 0 radical (unpaired) electrons. The molecular formula is C16H28O4S. The van der Waals surface area contributed by atoms with Gasteiger partial charge in [0, 0.05) is 18.6 Å². The number of thioether (sulfide) groups is 1. The summed E-state index contributed by atoms with van der Waals surface area (Å²) in [6.45, 7) is 5.80. The largest absolute Gasteiger partial charge is 0.462 e. The van der Waals surface area contributed by atoms with Crippen molar-refractivity contribution >= 4 is 23.7 Å². The molecule has 0 aromatic carbocycles. The van der Waals surface area contributed by atoms with Gasteiger partial charge < -0.3 is 9.47 Å². The van der Waals surface area contributed by atoms with Crippen LogP contribution < -0.4 is 0 Å². The number of unbranched alkanes of at least 4 members (excludes halogenated alkanes) is 3. The molecule has 1 unspecified atom stereocenters. The Morgan fingerprint density at radius 2 is 1.81 bits per heavy atom. The molecule has 0 saturated heterocycles. The number of ether oxygens (including phenoxy) is 2. The molecule has 0 aliphatic heterocycles. The van der Waals surface area contributed by atoms with E-state index in [0.717, 1.165) is 6.42 Å². The van der Waals surface area contributed by atoms with E-state index in [-0.39, 0.29) is 24.6 Å². The van der Waals surface area contributed by atoms with Gasteiger partial charge in [-0.1, -0.05) is 39.7 Å². The smallest absolute Gasteiger partial charge is 0.305 e. The molecule has 0 amide bonds. The lowest BCUT2D eigenvalue weighted by Gasteiger charge is -2.16. The van der Waals surface area contributed by atoms with Crippen LogP contribution in [0.1, 0.15) is 59.3 Å². The lowest BCUT2D eigenvalue weighted by atomic mass is 10.2. The van der Waals surface area contributed by atoms with Crippen molar-refractivity contribution in [1.82, 2.24) is 0 Å². The lowest BCUT2D eigenvalue weighted by molar-refractivity contribution is -0.157. The minimum absolute atomic E-state index is 0.134. The van der Waals surface area contributed by atoms with Crippen LogP contribution in [-0.2, 0) is 19.1 Å². The first kappa shape index (κ1) is 20.0. The van der Waals surface area contributed by atoms with Gasteiger partial charge in [0.05, 0.1) is 0 Å². The first-order valence-electron chi connectivity index (χ1n) is 7.75. The molecule has 21 heavy (non-hydrogen) atoms. The van der Waals surface area contributed by atoms with E-state index in [0.29, 0.717) is 18.6 Å². The van der Waals surface area contributed by atoms with E-state index in [1.165, 1.54) is 19.3 Å². The molecule has 4 nitrogen and oxygen atoms in total. The van der Waals surface area contributed by atoms with Crippen molar-refractivity contribution in [3.8, 4) is 0 Å². The van der Waals surface area contributed by atoms with E-state index in [4.69, 9.17) is 9.47 Å². The summed E-state index contributed by atoms with van der Waals surface area (Å²) >= 11 is 1.58.